The van der Waals surface area contributed by atoms with Crippen molar-refractivity contribution in [3.63, 3.8) is 0 Å². The minimum atomic E-state index is -0.0935. The number of hydrogen-bond donors (Lipinski definition) is 1. The molecule has 31 heavy (non-hydrogen) atoms. The molecule has 2 aromatic carbocycles. The van der Waals surface area contributed by atoms with E-state index in [1.807, 2.05) is 73.0 Å². The minimum absolute atomic E-state index is 0.0935. The summed E-state index contributed by atoms with van der Waals surface area (Å²) in [5.41, 5.74) is 4.94. The predicted molar refractivity (Wildman–Crippen MR) is 128 cm³/mol. The summed E-state index contributed by atoms with van der Waals surface area (Å²) in [5.74, 6) is 0.823. The summed E-state index contributed by atoms with van der Waals surface area (Å²) in [5, 5.41) is 12.3. The summed E-state index contributed by atoms with van der Waals surface area (Å²) in [7, 11) is 0. The van der Waals surface area contributed by atoms with Gasteiger partial charge < -0.3 is 5.32 Å². The monoisotopic (exact) mass is 493 g/mol. The van der Waals surface area contributed by atoms with E-state index in [0.29, 0.717) is 11.0 Å². The molecule has 2 aromatic heterocycles. The molecule has 156 valence electrons. The topological polar surface area (TPSA) is 72.7 Å². The van der Waals surface area contributed by atoms with Crippen molar-refractivity contribution in [1.82, 2.24) is 19.7 Å². The van der Waals surface area contributed by atoms with E-state index >= 15 is 0 Å². The van der Waals surface area contributed by atoms with Crippen LogP contribution in [0.3, 0.4) is 0 Å². The number of nitrogens with one attached hydrogen (secondary N) is 1. The second kappa shape index (κ2) is 9.45. The van der Waals surface area contributed by atoms with Crippen LogP contribution in [0.15, 0.2) is 76.6 Å². The van der Waals surface area contributed by atoms with Gasteiger partial charge in [0.15, 0.2) is 11.0 Å². The molecule has 0 radical (unpaired) electrons. The normalized spacial score (nSPS) is 10.8. The molecule has 0 aliphatic carbocycles. The highest BCUT2D eigenvalue weighted by Crippen LogP contribution is 2.28. The predicted octanol–water partition coefficient (Wildman–Crippen LogP) is 5.44. The standard InChI is InChI=1S/C23H20BrN5OS/c1-15-3-6-19(13-16(15)2)26-21(30)14-31-23-28-27-22(17-9-11-25-12-10-17)29(23)20-7-4-18(24)5-8-20/h3-13H,14H2,1-2H3,(H,26,30). The molecule has 1 N–H and O–H groups in total. The van der Waals surface area contributed by atoms with Crippen LogP contribution in [0, 0.1) is 13.8 Å². The molecule has 0 bridgehead atoms. The number of benzene rings is 2. The number of pyridine rings is 1. The van der Waals surface area contributed by atoms with Crippen LogP contribution in [0.1, 0.15) is 11.1 Å². The fourth-order valence-electron chi connectivity index (χ4n) is 3.02. The maximum atomic E-state index is 12.5. The Morgan fingerprint density at radius 1 is 1.00 bits per heavy atom. The first-order valence-corrected chi connectivity index (χ1v) is 11.4. The molecule has 0 fully saturated rings. The third-order valence-corrected chi connectivity index (χ3v) is 6.24. The van der Waals surface area contributed by atoms with E-state index in [1.165, 1.54) is 17.3 Å². The van der Waals surface area contributed by atoms with Gasteiger partial charge in [-0.1, -0.05) is 33.8 Å². The molecule has 0 aliphatic rings. The highest BCUT2D eigenvalue weighted by atomic mass is 79.9. The Bertz CT molecular complexity index is 1210. The summed E-state index contributed by atoms with van der Waals surface area (Å²) >= 11 is 4.82. The van der Waals surface area contributed by atoms with Crippen LogP contribution in [0.25, 0.3) is 17.1 Å². The van der Waals surface area contributed by atoms with Crippen molar-refractivity contribution in [2.24, 2.45) is 0 Å². The first kappa shape index (κ1) is 21.3. The van der Waals surface area contributed by atoms with Crippen molar-refractivity contribution in [3.05, 3.63) is 82.6 Å². The minimum Gasteiger partial charge on any atom is -0.325 e. The van der Waals surface area contributed by atoms with Crippen LogP contribution in [0.4, 0.5) is 5.69 Å². The van der Waals surface area contributed by atoms with Gasteiger partial charge in [0.1, 0.15) is 0 Å². The van der Waals surface area contributed by atoms with E-state index < -0.39 is 0 Å². The van der Waals surface area contributed by atoms with Gasteiger partial charge in [0, 0.05) is 33.8 Å². The van der Waals surface area contributed by atoms with Crippen molar-refractivity contribution >= 4 is 39.3 Å². The lowest BCUT2D eigenvalue weighted by molar-refractivity contribution is -0.113. The zero-order chi connectivity index (χ0) is 21.8. The van der Waals surface area contributed by atoms with Crippen molar-refractivity contribution in [2.75, 3.05) is 11.1 Å². The van der Waals surface area contributed by atoms with E-state index in [9.17, 15) is 4.79 Å². The van der Waals surface area contributed by atoms with Gasteiger partial charge in [0.2, 0.25) is 5.91 Å². The van der Waals surface area contributed by atoms with Gasteiger partial charge in [-0.15, -0.1) is 10.2 Å². The molecule has 1 amide bonds. The van der Waals surface area contributed by atoms with Crippen LogP contribution in [-0.2, 0) is 4.79 Å². The van der Waals surface area contributed by atoms with Gasteiger partial charge in [-0.05, 0) is 73.5 Å². The summed E-state index contributed by atoms with van der Waals surface area (Å²) in [6.45, 7) is 4.08. The number of thioether (sulfide) groups is 1. The Balaban J connectivity index is 1.57. The van der Waals surface area contributed by atoms with Gasteiger partial charge in [0.05, 0.1) is 5.75 Å². The Morgan fingerprint density at radius 3 is 2.45 bits per heavy atom. The molecule has 0 spiro atoms. The van der Waals surface area contributed by atoms with Gasteiger partial charge in [0.25, 0.3) is 0 Å². The lowest BCUT2D eigenvalue weighted by Crippen LogP contribution is -2.14. The van der Waals surface area contributed by atoms with E-state index in [-0.39, 0.29) is 11.7 Å². The number of rotatable bonds is 6. The maximum Gasteiger partial charge on any atom is 0.234 e. The highest BCUT2D eigenvalue weighted by Gasteiger charge is 2.17. The number of aromatic nitrogens is 4. The first-order valence-electron chi connectivity index (χ1n) is 9.63. The lowest BCUT2D eigenvalue weighted by atomic mass is 10.1. The van der Waals surface area contributed by atoms with Crippen molar-refractivity contribution < 1.29 is 4.79 Å². The first-order chi connectivity index (χ1) is 15.0. The lowest BCUT2D eigenvalue weighted by Gasteiger charge is -2.11. The second-order valence-corrected chi connectivity index (χ2v) is 8.85. The molecular formula is C23H20BrN5OS. The van der Waals surface area contributed by atoms with Crippen LogP contribution < -0.4 is 5.32 Å². The SMILES string of the molecule is Cc1ccc(NC(=O)CSc2nnc(-c3ccncc3)n2-c2ccc(Br)cc2)cc1C. The second-order valence-electron chi connectivity index (χ2n) is 6.99. The maximum absolute atomic E-state index is 12.5. The average molecular weight is 494 g/mol. The van der Waals surface area contributed by atoms with Crippen molar-refractivity contribution in [1.29, 1.82) is 0 Å². The third-order valence-electron chi connectivity index (χ3n) is 4.78. The quantitative estimate of drug-likeness (QED) is 0.362. The van der Waals surface area contributed by atoms with E-state index in [0.717, 1.165) is 27.0 Å². The fraction of sp³-hybridized carbons (Fsp3) is 0.130. The average Bonchev–Trinajstić information content (AvgIpc) is 3.20. The van der Waals surface area contributed by atoms with Crippen molar-refractivity contribution in [3.8, 4) is 17.1 Å². The van der Waals surface area contributed by atoms with E-state index in [2.05, 4.69) is 36.4 Å². The zero-order valence-corrected chi connectivity index (χ0v) is 19.4. The molecule has 0 saturated carbocycles. The van der Waals surface area contributed by atoms with Gasteiger partial charge in [-0.3, -0.25) is 14.3 Å². The van der Waals surface area contributed by atoms with Crippen LogP contribution in [0.2, 0.25) is 0 Å². The molecule has 2 heterocycles. The molecule has 0 atom stereocenters. The number of hydrogen-bond acceptors (Lipinski definition) is 5. The number of carbonyl (C=O) groups is 1. The van der Waals surface area contributed by atoms with E-state index in [4.69, 9.17) is 0 Å². The molecule has 0 saturated heterocycles. The highest BCUT2D eigenvalue weighted by molar-refractivity contribution is 9.10. The number of anilines is 1. The van der Waals surface area contributed by atoms with E-state index in [1.54, 1.807) is 12.4 Å². The number of aryl methyl sites for hydroxylation is 2. The van der Waals surface area contributed by atoms with Crippen LogP contribution >= 0.6 is 27.7 Å². The molecule has 6 nitrogen and oxygen atoms in total. The van der Waals surface area contributed by atoms with Crippen molar-refractivity contribution in [2.45, 2.75) is 19.0 Å². The fourth-order valence-corrected chi connectivity index (χ4v) is 4.04. The molecule has 0 aliphatic heterocycles. The van der Waals surface area contributed by atoms with Gasteiger partial charge in [-0.25, -0.2) is 0 Å². The number of amides is 1. The Kier molecular flexibility index (Phi) is 6.48. The number of carbonyl (C=O) groups excluding carboxylic acids is 1. The zero-order valence-electron chi connectivity index (χ0n) is 17.0. The largest absolute Gasteiger partial charge is 0.325 e. The summed E-state index contributed by atoms with van der Waals surface area (Å²) in [6, 6.07) is 17.6. The molecule has 4 aromatic rings. The van der Waals surface area contributed by atoms with Crippen LogP contribution in [-0.4, -0.2) is 31.4 Å². The smallest absolute Gasteiger partial charge is 0.234 e. The molecule has 4 rings (SSSR count). The number of halogens is 1. The summed E-state index contributed by atoms with van der Waals surface area (Å²) in [6.07, 6.45) is 3.44. The van der Waals surface area contributed by atoms with Crippen LogP contribution in [0.5, 0.6) is 0 Å². The Hall–Kier alpha value is -2.97. The molecular weight excluding hydrogens is 474 g/mol. The Labute approximate surface area is 193 Å². The van der Waals surface area contributed by atoms with Gasteiger partial charge in [-0.2, -0.15) is 0 Å². The third kappa shape index (κ3) is 5.03. The summed E-state index contributed by atoms with van der Waals surface area (Å²) in [4.78, 5) is 16.6. The van der Waals surface area contributed by atoms with Gasteiger partial charge >= 0.3 is 0 Å². The molecule has 8 heteroatoms. The summed E-state index contributed by atoms with van der Waals surface area (Å²) < 4.78 is 2.94. The Morgan fingerprint density at radius 2 is 1.74 bits per heavy atom. The number of nitrogens with zero attached hydrogens (tertiary/aromatic N) is 4. The molecule has 0 unspecified atom stereocenters.